The molecular weight excluding hydrogens is 271 g/mol. The fraction of sp³-hybridized carbons (Fsp3) is 1.00. The fourth-order valence-electron chi connectivity index (χ4n) is 5.03. The Morgan fingerprint density at radius 1 is 0.864 bits per heavy atom. The first-order valence-electron chi connectivity index (χ1n) is 10.2. The molecule has 2 saturated carbocycles. The van der Waals surface area contributed by atoms with Gasteiger partial charge in [-0.3, -0.25) is 0 Å². The third kappa shape index (κ3) is 5.85. The zero-order valence-corrected chi connectivity index (χ0v) is 15.3. The van der Waals surface area contributed by atoms with E-state index in [1.807, 2.05) is 0 Å². The van der Waals surface area contributed by atoms with Gasteiger partial charge in [0, 0.05) is 0 Å². The van der Waals surface area contributed by atoms with Crippen LogP contribution in [0.1, 0.15) is 97.8 Å². The van der Waals surface area contributed by atoms with E-state index in [4.69, 9.17) is 0 Å². The average molecular weight is 311 g/mol. The first-order valence-corrected chi connectivity index (χ1v) is 10.2. The third-order valence-electron chi connectivity index (χ3n) is 6.67. The minimum atomic E-state index is -0.533. The van der Waals surface area contributed by atoms with Gasteiger partial charge in [-0.1, -0.05) is 72.1 Å². The Balaban J connectivity index is 1.76. The lowest BCUT2D eigenvalue weighted by molar-refractivity contribution is 0.133. The monoisotopic (exact) mass is 310 g/mol. The van der Waals surface area contributed by atoms with Crippen LogP contribution >= 0.6 is 0 Å². The molecule has 0 aromatic rings. The SMILES string of the molecule is CCCC(CC(F)CC1CCC(C)CC1)C1CCC(C)CC1. The van der Waals surface area contributed by atoms with Gasteiger partial charge < -0.3 is 0 Å². The van der Waals surface area contributed by atoms with Gasteiger partial charge in [-0.25, -0.2) is 4.39 Å². The highest BCUT2D eigenvalue weighted by molar-refractivity contribution is 4.80. The normalized spacial score (nSPS) is 36.0. The van der Waals surface area contributed by atoms with E-state index in [2.05, 4.69) is 20.8 Å². The molecule has 0 aliphatic heterocycles. The van der Waals surface area contributed by atoms with E-state index in [0.29, 0.717) is 11.8 Å². The van der Waals surface area contributed by atoms with Crippen molar-refractivity contribution in [1.29, 1.82) is 0 Å². The number of halogens is 1. The van der Waals surface area contributed by atoms with Crippen LogP contribution in [0, 0.1) is 29.6 Å². The smallest absolute Gasteiger partial charge is 0.101 e. The minimum absolute atomic E-state index is 0.533. The highest BCUT2D eigenvalue weighted by Crippen LogP contribution is 2.39. The van der Waals surface area contributed by atoms with Crippen LogP contribution in [0.3, 0.4) is 0 Å². The molecule has 22 heavy (non-hydrogen) atoms. The summed E-state index contributed by atoms with van der Waals surface area (Å²) < 4.78 is 14.7. The van der Waals surface area contributed by atoms with E-state index in [0.717, 1.165) is 30.6 Å². The van der Waals surface area contributed by atoms with Crippen molar-refractivity contribution >= 4 is 0 Å². The van der Waals surface area contributed by atoms with Crippen molar-refractivity contribution in [3.8, 4) is 0 Å². The molecule has 2 rings (SSSR count). The van der Waals surface area contributed by atoms with Crippen LogP contribution in [0.25, 0.3) is 0 Å². The Morgan fingerprint density at radius 2 is 1.41 bits per heavy atom. The van der Waals surface area contributed by atoms with Crippen LogP contribution in [0.2, 0.25) is 0 Å². The average Bonchev–Trinajstić information content (AvgIpc) is 2.50. The Labute approximate surface area is 138 Å². The van der Waals surface area contributed by atoms with Crippen LogP contribution in [0.5, 0.6) is 0 Å². The molecule has 0 amide bonds. The maximum atomic E-state index is 14.7. The van der Waals surface area contributed by atoms with E-state index in [-0.39, 0.29) is 0 Å². The molecule has 2 aliphatic carbocycles. The van der Waals surface area contributed by atoms with Crippen LogP contribution in [-0.4, -0.2) is 6.17 Å². The summed E-state index contributed by atoms with van der Waals surface area (Å²) in [5.41, 5.74) is 0. The van der Waals surface area contributed by atoms with Crippen LogP contribution in [0.4, 0.5) is 4.39 Å². The quantitative estimate of drug-likeness (QED) is 0.467. The molecule has 0 heterocycles. The summed E-state index contributed by atoms with van der Waals surface area (Å²) in [6.45, 7) is 7.01. The van der Waals surface area contributed by atoms with Gasteiger partial charge in [0.1, 0.15) is 6.17 Å². The largest absolute Gasteiger partial charge is 0.247 e. The molecule has 0 aromatic carbocycles. The standard InChI is InChI=1S/C21H39F/c1-4-5-20(19-12-8-17(3)9-13-19)15-21(22)14-18-10-6-16(2)7-11-18/h16-21H,4-15H2,1-3H3. The molecule has 0 bridgehead atoms. The van der Waals surface area contributed by atoms with Gasteiger partial charge in [0.05, 0.1) is 0 Å². The molecule has 2 aliphatic rings. The number of alkyl halides is 1. The van der Waals surface area contributed by atoms with Gasteiger partial charge in [-0.15, -0.1) is 0 Å². The lowest BCUT2D eigenvalue weighted by atomic mass is 9.72. The van der Waals surface area contributed by atoms with Crippen molar-refractivity contribution in [1.82, 2.24) is 0 Å². The van der Waals surface area contributed by atoms with Crippen molar-refractivity contribution in [3.63, 3.8) is 0 Å². The molecule has 1 heteroatoms. The van der Waals surface area contributed by atoms with Crippen LogP contribution < -0.4 is 0 Å². The Morgan fingerprint density at radius 3 is 1.95 bits per heavy atom. The fourth-order valence-corrected chi connectivity index (χ4v) is 5.03. The molecule has 0 radical (unpaired) electrons. The summed E-state index contributed by atoms with van der Waals surface area (Å²) in [6.07, 6.45) is 14.4. The first kappa shape index (κ1) is 18.3. The summed E-state index contributed by atoms with van der Waals surface area (Å²) in [5.74, 6) is 3.95. The molecule has 0 saturated heterocycles. The van der Waals surface area contributed by atoms with E-state index in [1.54, 1.807) is 0 Å². The van der Waals surface area contributed by atoms with Crippen molar-refractivity contribution in [2.24, 2.45) is 29.6 Å². The topological polar surface area (TPSA) is 0 Å². The van der Waals surface area contributed by atoms with Gasteiger partial charge in [0.25, 0.3) is 0 Å². The van der Waals surface area contributed by atoms with E-state index < -0.39 is 6.17 Å². The van der Waals surface area contributed by atoms with Gasteiger partial charge >= 0.3 is 0 Å². The molecule has 2 fully saturated rings. The van der Waals surface area contributed by atoms with Crippen molar-refractivity contribution in [3.05, 3.63) is 0 Å². The lowest BCUT2D eigenvalue weighted by Gasteiger charge is -2.34. The molecular formula is C21H39F. The van der Waals surface area contributed by atoms with E-state index in [1.165, 1.54) is 64.2 Å². The van der Waals surface area contributed by atoms with Crippen molar-refractivity contribution < 1.29 is 4.39 Å². The van der Waals surface area contributed by atoms with Gasteiger partial charge in [0.15, 0.2) is 0 Å². The molecule has 130 valence electrons. The van der Waals surface area contributed by atoms with Gasteiger partial charge in [0.2, 0.25) is 0 Å². The maximum Gasteiger partial charge on any atom is 0.101 e. The summed E-state index contributed by atoms with van der Waals surface area (Å²) in [5, 5.41) is 0. The van der Waals surface area contributed by atoms with E-state index in [9.17, 15) is 4.39 Å². The molecule has 0 spiro atoms. The number of hydrogen-bond acceptors (Lipinski definition) is 0. The summed E-state index contributed by atoms with van der Waals surface area (Å²) in [7, 11) is 0. The highest BCUT2D eigenvalue weighted by Gasteiger charge is 2.29. The molecule has 2 unspecified atom stereocenters. The van der Waals surface area contributed by atoms with E-state index >= 15 is 0 Å². The lowest BCUT2D eigenvalue weighted by Crippen LogP contribution is -2.25. The molecule has 0 nitrogen and oxygen atoms in total. The zero-order valence-electron chi connectivity index (χ0n) is 15.3. The molecule has 0 N–H and O–H groups in total. The Kier molecular flexibility index (Phi) is 7.71. The second-order valence-corrected chi connectivity index (χ2v) is 8.76. The second kappa shape index (κ2) is 9.28. The summed E-state index contributed by atoms with van der Waals surface area (Å²) >= 11 is 0. The van der Waals surface area contributed by atoms with Crippen LogP contribution in [-0.2, 0) is 0 Å². The number of rotatable bonds is 7. The maximum absolute atomic E-state index is 14.7. The minimum Gasteiger partial charge on any atom is -0.247 e. The van der Waals surface area contributed by atoms with Crippen molar-refractivity contribution in [2.75, 3.05) is 0 Å². The Bertz CT molecular complexity index is 284. The Hall–Kier alpha value is -0.0700. The summed E-state index contributed by atoms with van der Waals surface area (Å²) in [6, 6.07) is 0. The van der Waals surface area contributed by atoms with Gasteiger partial charge in [-0.05, 0) is 55.3 Å². The predicted molar refractivity (Wildman–Crippen MR) is 94.8 cm³/mol. The molecule has 0 aromatic heterocycles. The third-order valence-corrected chi connectivity index (χ3v) is 6.67. The zero-order chi connectivity index (χ0) is 15.9. The molecule has 2 atom stereocenters. The second-order valence-electron chi connectivity index (χ2n) is 8.76. The predicted octanol–water partition coefficient (Wildman–Crippen LogP) is 7.17. The van der Waals surface area contributed by atoms with Gasteiger partial charge in [-0.2, -0.15) is 0 Å². The number of hydrogen-bond donors (Lipinski definition) is 0. The van der Waals surface area contributed by atoms with Crippen LogP contribution in [0.15, 0.2) is 0 Å². The van der Waals surface area contributed by atoms with Crippen molar-refractivity contribution in [2.45, 2.75) is 104 Å². The highest BCUT2D eigenvalue weighted by atomic mass is 19.1. The first-order chi connectivity index (χ1) is 10.6. The summed E-state index contributed by atoms with van der Waals surface area (Å²) in [4.78, 5) is 0.